The summed E-state index contributed by atoms with van der Waals surface area (Å²) in [5, 5.41) is 8.97. The first-order chi connectivity index (χ1) is 20.8. The minimum absolute atomic E-state index is 0.0456. The van der Waals surface area contributed by atoms with Crippen LogP contribution in [0, 0.1) is 0 Å². The van der Waals surface area contributed by atoms with Gasteiger partial charge in [-0.15, -0.1) is 0 Å². The maximum atomic E-state index is 13.8. The summed E-state index contributed by atoms with van der Waals surface area (Å²) in [6, 6.07) is 23.9. The van der Waals surface area contributed by atoms with E-state index in [9.17, 15) is 14.4 Å². The topological polar surface area (TPSA) is 126 Å². The molecule has 0 aromatic heterocycles. The minimum atomic E-state index is -0.921. The second-order valence-electron chi connectivity index (χ2n) is 10.7. The summed E-state index contributed by atoms with van der Waals surface area (Å²) in [5.74, 6) is 0.167. The lowest BCUT2D eigenvalue weighted by molar-refractivity contribution is -0.130. The van der Waals surface area contributed by atoms with Gasteiger partial charge in [0.2, 0.25) is 11.8 Å². The van der Waals surface area contributed by atoms with Gasteiger partial charge in [-0.1, -0.05) is 67.2 Å². The summed E-state index contributed by atoms with van der Waals surface area (Å²) in [5.41, 5.74) is 8.03. The molecular weight excluding hydrogens is 542 g/mol. The lowest BCUT2D eigenvalue weighted by Crippen LogP contribution is -2.57. The number of hydrogen-bond donors (Lipinski definition) is 4. The van der Waals surface area contributed by atoms with Crippen LogP contribution < -0.4 is 26.4 Å². The monoisotopic (exact) mass is 583 g/mol. The van der Waals surface area contributed by atoms with Crippen molar-refractivity contribution >= 4 is 17.7 Å². The average molecular weight is 584 g/mol. The van der Waals surface area contributed by atoms with Crippen molar-refractivity contribution < 1.29 is 19.1 Å². The molecule has 0 radical (unpaired) electrons. The number of piperidine rings is 1. The van der Waals surface area contributed by atoms with Crippen LogP contribution in [0.25, 0.3) is 0 Å². The number of likely N-dealkylation sites (tertiary alicyclic amines) is 1. The number of amides is 3. The van der Waals surface area contributed by atoms with Crippen LogP contribution in [-0.4, -0.2) is 60.4 Å². The number of nitrogens with two attached hydrogens (primary N) is 1. The van der Waals surface area contributed by atoms with Gasteiger partial charge in [0.25, 0.3) is 5.91 Å². The highest BCUT2D eigenvalue weighted by Gasteiger charge is 2.30. The van der Waals surface area contributed by atoms with Crippen molar-refractivity contribution in [2.75, 3.05) is 19.7 Å². The predicted molar refractivity (Wildman–Crippen MR) is 167 cm³/mol. The number of hydrogen-bond acceptors (Lipinski definition) is 6. The van der Waals surface area contributed by atoms with Crippen LogP contribution in [-0.2, 0) is 22.4 Å². The third-order valence-corrected chi connectivity index (χ3v) is 7.50. The number of carbonyl (C=O) groups excluding carboxylic acids is 3. The summed E-state index contributed by atoms with van der Waals surface area (Å²) in [7, 11) is 0. The third-order valence-electron chi connectivity index (χ3n) is 7.50. The minimum Gasteiger partial charge on any atom is -0.494 e. The molecule has 43 heavy (non-hydrogen) atoms. The fourth-order valence-corrected chi connectivity index (χ4v) is 5.11. The van der Waals surface area contributed by atoms with Crippen LogP contribution in [0.3, 0.4) is 0 Å². The molecule has 3 aromatic carbocycles. The second-order valence-corrected chi connectivity index (χ2v) is 10.7. The van der Waals surface area contributed by atoms with E-state index < -0.39 is 18.0 Å². The van der Waals surface area contributed by atoms with Gasteiger partial charge in [0.05, 0.1) is 12.4 Å². The molecule has 0 unspecified atom stereocenters. The molecular formula is C34H41N5O4. The Morgan fingerprint density at radius 3 is 1.98 bits per heavy atom. The molecule has 1 fully saturated rings. The van der Waals surface area contributed by atoms with Gasteiger partial charge in [0.15, 0.2) is 0 Å². The molecule has 1 aliphatic heterocycles. The van der Waals surface area contributed by atoms with Crippen LogP contribution in [0.4, 0.5) is 0 Å². The van der Waals surface area contributed by atoms with Crippen LogP contribution in [0.2, 0.25) is 0 Å². The third kappa shape index (κ3) is 9.36. The number of carbonyl (C=O) groups is 3. The smallest absolute Gasteiger partial charge is 0.251 e. The SMILES string of the molecule is C=C(N)N1CCC(NC(=O)[C@H](Cc2ccccc2)NC(=O)[C@@H](Cc2ccc(OCC)cc2)NC(=O)c2ccccc2)CC1. The number of nitrogens with one attached hydrogen (secondary N) is 3. The zero-order valence-corrected chi connectivity index (χ0v) is 24.6. The van der Waals surface area contributed by atoms with Gasteiger partial charge < -0.3 is 31.3 Å². The van der Waals surface area contributed by atoms with Gasteiger partial charge >= 0.3 is 0 Å². The zero-order chi connectivity index (χ0) is 30.6. The quantitative estimate of drug-likeness (QED) is 0.245. The molecule has 4 rings (SSSR count). The van der Waals surface area contributed by atoms with E-state index in [1.54, 1.807) is 24.3 Å². The standard InChI is InChI=1S/C34H41N5O4/c1-3-43-29-16-14-26(15-17-29)23-31(37-32(40)27-12-8-5-9-13-27)34(42)38-30(22-25-10-6-4-7-11-25)33(41)36-28-18-20-39(21-19-28)24(2)35/h4-17,28,30-31H,2-3,18-23,35H2,1H3,(H,36,41)(H,37,40)(H,38,42)/t30-,31+/m0/s1. The fourth-order valence-electron chi connectivity index (χ4n) is 5.11. The Labute approximate surface area is 253 Å². The first kappa shape index (κ1) is 31.2. The van der Waals surface area contributed by atoms with Crippen molar-refractivity contribution in [1.82, 2.24) is 20.9 Å². The Hall–Kier alpha value is -4.79. The van der Waals surface area contributed by atoms with Crippen LogP contribution in [0.5, 0.6) is 5.75 Å². The van der Waals surface area contributed by atoms with Gasteiger partial charge in [-0.05, 0) is 55.2 Å². The van der Waals surface area contributed by atoms with Crippen LogP contribution in [0.15, 0.2) is 97.3 Å². The molecule has 226 valence electrons. The molecule has 1 aliphatic rings. The molecule has 2 atom stereocenters. The van der Waals surface area contributed by atoms with E-state index in [0.717, 1.165) is 29.7 Å². The molecule has 1 heterocycles. The van der Waals surface area contributed by atoms with Crippen molar-refractivity contribution in [1.29, 1.82) is 0 Å². The van der Waals surface area contributed by atoms with Crippen molar-refractivity contribution in [3.8, 4) is 5.75 Å². The highest BCUT2D eigenvalue weighted by Crippen LogP contribution is 2.16. The van der Waals surface area contributed by atoms with Crippen molar-refractivity contribution in [3.05, 3.63) is 114 Å². The molecule has 9 heteroatoms. The van der Waals surface area contributed by atoms with E-state index in [0.29, 0.717) is 37.5 Å². The molecule has 5 N–H and O–H groups in total. The predicted octanol–water partition coefficient (Wildman–Crippen LogP) is 3.16. The average Bonchev–Trinajstić information content (AvgIpc) is 3.02. The van der Waals surface area contributed by atoms with Gasteiger partial charge in [-0.2, -0.15) is 0 Å². The van der Waals surface area contributed by atoms with Crippen LogP contribution in [0.1, 0.15) is 41.3 Å². The van der Waals surface area contributed by atoms with Crippen molar-refractivity contribution in [2.45, 2.75) is 50.7 Å². The second kappa shape index (κ2) is 15.4. The van der Waals surface area contributed by atoms with E-state index in [2.05, 4.69) is 22.5 Å². The molecule has 0 bridgehead atoms. The maximum Gasteiger partial charge on any atom is 0.251 e. The normalized spacial score (nSPS) is 14.7. The summed E-state index contributed by atoms with van der Waals surface area (Å²) in [4.78, 5) is 42.6. The molecule has 9 nitrogen and oxygen atoms in total. The Bertz CT molecular complexity index is 1360. The molecule has 3 aromatic rings. The Kier molecular flexibility index (Phi) is 11.2. The first-order valence-corrected chi connectivity index (χ1v) is 14.7. The van der Waals surface area contributed by atoms with Gasteiger partial charge in [-0.25, -0.2) is 0 Å². The van der Waals surface area contributed by atoms with Gasteiger partial charge in [0.1, 0.15) is 17.8 Å². The number of ether oxygens (including phenoxy) is 1. The molecule has 1 saturated heterocycles. The number of rotatable bonds is 13. The van der Waals surface area contributed by atoms with E-state index >= 15 is 0 Å². The Morgan fingerprint density at radius 2 is 1.40 bits per heavy atom. The van der Waals surface area contributed by atoms with E-state index in [1.165, 1.54) is 0 Å². The summed E-state index contributed by atoms with van der Waals surface area (Å²) >= 11 is 0. The van der Waals surface area contributed by atoms with E-state index in [1.807, 2.05) is 72.5 Å². The lowest BCUT2D eigenvalue weighted by atomic mass is 10.0. The van der Waals surface area contributed by atoms with Gasteiger partial charge in [0, 0.05) is 37.5 Å². The van der Waals surface area contributed by atoms with Crippen LogP contribution >= 0.6 is 0 Å². The summed E-state index contributed by atoms with van der Waals surface area (Å²) in [6.45, 7) is 7.66. The summed E-state index contributed by atoms with van der Waals surface area (Å²) < 4.78 is 5.54. The maximum absolute atomic E-state index is 13.8. The fraction of sp³-hybridized carbons (Fsp3) is 0.324. The first-order valence-electron chi connectivity index (χ1n) is 14.7. The molecule has 3 amide bonds. The zero-order valence-electron chi connectivity index (χ0n) is 24.6. The summed E-state index contributed by atoms with van der Waals surface area (Å²) in [6.07, 6.45) is 1.99. The Balaban J connectivity index is 1.51. The van der Waals surface area contributed by atoms with Gasteiger partial charge in [-0.3, -0.25) is 14.4 Å². The molecule has 0 saturated carbocycles. The highest BCUT2D eigenvalue weighted by molar-refractivity contribution is 5.98. The van der Waals surface area contributed by atoms with Crippen molar-refractivity contribution in [3.63, 3.8) is 0 Å². The Morgan fingerprint density at radius 1 is 0.837 bits per heavy atom. The number of nitrogens with zero attached hydrogens (tertiary/aromatic N) is 1. The number of benzene rings is 3. The lowest BCUT2D eigenvalue weighted by Gasteiger charge is -2.34. The molecule has 0 spiro atoms. The largest absolute Gasteiger partial charge is 0.494 e. The molecule has 0 aliphatic carbocycles. The van der Waals surface area contributed by atoms with E-state index in [-0.39, 0.29) is 24.3 Å². The highest BCUT2D eigenvalue weighted by atomic mass is 16.5. The van der Waals surface area contributed by atoms with Crippen molar-refractivity contribution in [2.24, 2.45) is 5.73 Å². The van der Waals surface area contributed by atoms with E-state index in [4.69, 9.17) is 10.5 Å².